The van der Waals surface area contributed by atoms with Crippen LogP contribution in [0.15, 0.2) is 36.5 Å². The Bertz CT molecular complexity index is 163. The zero-order chi connectivity index (χ0) is 9.78. The Kier molecular flexibility index (Phi) is 14.3. The van der Waals surface area contributed by atoms with Crippen LogP contribution in [0.4, 0.5) is 0 Å². The standard InChI is InChI=1S/2C5H5.2HI.Ti/c2*1-2-4-5-3-1;;;/h2*1-3H,4H2;2*1H;/q2*-1;;;+2/p-2. The quantitative estimate of drug-likeness (QED) is 0.303. The third-order valence-corrected chi connectivity index (χ3v) is 1.17. The fraction of sp³-hybridized carbons (Fsp3) is 0.200. The molecule has 0 bridgehead atoms. The zero-order valence-corrected chi connectivity index (χ0v) is 13.0. The van der Waals surface area contributed by atoms with Crippen molar-refractivity contribution in [3.8, 4) is 0 Å². The summed E-state index contributed by atoms with van der Waals surface area (Å²) in [7, 11) is 0. The van der Waals surface area contributed by atoms with Crippen LogP contribution in [-0.4, -0.2) is 0 Å². The number of rotatable bonds is 0. The Balaban J connectivity index is 0.000000174. The van der Waals surface area contributed by atoms with E-state index in [1.165, 1.54) is 0 Å². The molecule has 0 radical (unpaired) electrons. The molecule has 70 valence electrons. The van der Waals surface area contributed by atoms with Gasteiger partial charge in [0.15, 0.2) is 0 Å². The van der Waals surface area contributed by atoms with Crippen molar-refractivity contribution in [3.63, 3.8) is 0 Å². The molecule has 0 aromatic heterocycles. The summed E-state index contributed by atoms with van der Waals surface area (Å²) < 4.78 is 0. The molecule has 0 unspecified atom stereocenters. The van der Waals surface area contributed by atoms with E-state index in [1.54, 1.807) is 0 Å². The van der Waals surface area contributed by atoms with E-state index >= 15 is 0 Å². The van der Waals surface area contributed by atoms with Crippen LogP contribution in [0.2, 0.25) is 0 Å². The summed E-state index contributed by atoms with van der Waals surface area (Å²) in [5.74, 6) is 0. The molecule has 0 fully saturated rings. The van der Waals surface area contributed by atoms with Gasteiger partial charge in [0.25, 0.3) is 0 Å². The predicted molar refractivity (Wildman–Crippen MR) is 71.2 cm³/mol. The Morgan fingerprint density at radius 2 is 1.31 bits per heavy atom. The average molecular weight is 432 g/mol. The van der Waals surface area contributed by atoms with Crippen LogP contribution in [0, 0.1) is 12.2 Å². The van der Waals surface area contributed by atoms with Crippen molar-refractivity contribution < 1.29 is 11.7 Å². The normalized spacial score (nSPS) is 14.6. The van der Waals surface area contributed by atoms with Crippen LogP contribution in [0.5, 0.6) is 0 Å². The van der Waals surface area contributed by atoms with E-state index in [2.05, 4.69) is 62.7 Å². The second kappa shape index (κ2) is 13.1. The number of hydrogen-bond acceptors (Lipinski definition) is 0. The van der Waals surface area contributed by atoms with Crippen molar-refractivity contribution >= 4 is 38.4 Å². The summed E-state index contributed by atoms with van der Waals surface area (Å²) in [5, 5.41) is 0. The number of allylic oxidation sites excluding steroid dienone is 8. The first-order chi connectivity index (χ1) is 6.41. The van der Waals surface area contributed by atoms with E-state index in [-0.39, 0.29) is 0 Å². The van der Waals surface area contributed by atoms with Gasteiger partial charge in [0.2, 0.25) is 0 Å². The molecule has 0 atom stereocenters. The van der Waals surface area contributed by atoms with Crippen LogP contribution in [0.1, 0.15) is 12.8 Å². The van der Waals surface area contributed by atoms with Crippen LogP contribution in [0.25, 0.3) is 0 Å². The molecule has 0 saturated carbocycles. The van der Waals surface area contributed by atoms with Crippen LogP contribution in [0.3, 0.4) is 0 Å². The van der Waals surface area contributed by atoms with E-state index in [4.69, 9.17) is 0 Å². The van der Waals surface area contributed by atoms with Gasteiger partial charge < -0.3 is 0 Å². The van der Waals surface area contributed by atoms with Crippen molar-refractivity contribution in [2.45, 2.75) is 12.8 Å². The van der Waals surface area contributed by atoms with Gasteiger partial charge in [-0.3, -0.25) is 12.2 Å². The fourth-order valence-electron chi connectivity index (χ4n) is 0.680. The molecule has 0 nitrogen and oxygen atoms in total. The summed E-state index contributed by atoms with van der Waals surface area (Å²) in [6.07, 6.45) is 20.0. The molecule has 2 rings (SSSR count). The van der Waals surface area contributed by atoms with Crippen molar-refractivity contribution in [3.05, 3.63) is 48.6 Å². The summed E-state index contributed by atoms with van der Waals surface area (Å²) in [5.41, 5.74) is 0. The van der Waals surface area contributed by atoms with Crippen LogP contribution in [-0.2, 0) is 11.7 Å². The molecule has 0 amide bonds. The van der Waals surface area contributed by atoms with Gasteiger partial charge in [0, 0.05) is 0 Å². The summed E-state index contributed by atoms with van der Waals surface area (Å²) >= 11 is 5.24. The first kappa shape index (κ1) is 14.1. The van der Waals surface area contributed by atoms with Gasteiger partial charge in [-0.2, -0.15) is 12.2 Å². The first-order valence-corrected chi connectivity index (χ1v) is 13.9. The molecule has 0 saturated heterocycles. The molecule has 2 aliphatic rings. The van der Waals surface area contributed by atoms with E-state index < -0.39 is 0 Å². The minimum atomic E-state index is 0.440. The molecular weight excluding hydrogens is 422 g/mol. The zero-order valence-electron chi connectivity index (χ0n) is 7.13. The minimum absolute atomic E-state index is 0.440. The summed E-state index contributed by atoms with van der Waals surface area (Å²) in [4.78, 5) is 0. The maximum atomic E-state index is 2.99. The molecule has 0 aromatic rings. The van der Waals surface area contributed by atoms with Gasteiger partial charge in [0.05, 0.1) is 0 Å². The molecule has 13 heavy (non-hydrogen) atoms. The monoisotopic (exact) mass is 432 g/mol. The molecule has 0 N–H and O–H groups in total. The van der Waals surface area contributed by atoms with Crippen molar-refractivity contribution in [2.24, 2.45) is 0 Å². The first-order valence-electron chi connectivity index (χ1n) is 3.81. The van der Waals surface area contributed by atoms with Gasteiger partial charge in [-0.05, 0) is 0 Å². The van der Waals surface area contributed by atoms with Crippen molar-refractivity contribution in [1.29, 1.82) is 0 Å². The summed E-state index contributed by atoms with van der Waals surface area (Å²) in [6, 6.07) is 0. The van der Waals surface area contributed by atoms with E-state index in [9.17, 15) is 0 Å². The number of halogens is 2. The second-order valence-corrected chi connectivity index (χ2v) is 15.3. The van der Waals surface area contributed by atoms with Gasteiger partial charge in [-0.25, -0.2) is 24.3 Å². The molecule has 0 aliphatic heterocycles. The third kappa shape index (κ3) is 13.1. The van der Waals surface area contributed by atoms with Gasteiger partial charge >= 0.3 is 50.0 Å². The Hall–Kier alpha value is 1.13. The summed E-state index contributed by atoms with van der Waals surface area (Å²) in [6.45, 7) is 0. The molecule has 0 spiro atoms. The Morgan fingerprint density at radius 3 is 1.38 bits per heavy atom. The Labute approximate surface area is 110 Å². The van der Waals surface area contributed by atoms with Crippen LogP contribution < -0.4 is 0 Å². The SMILES string of the molecule is [C-]1=CC=CC1.[C-]1=CC=CC1.[I][Ti][I]. The molecule has 0 heterocycles. The average Bonchev–Trinajstić information content (AvgIpc) is 2.85. The van der Waals surface area contributed by atoms with E-state index in [0.717, 1.165) is 12.8 Å². The van der Waals surface area contributed by atoms with Crippen molar-refractivity contribution in [1.82, 2.24) is 0 Å². The Morgan fingerprint density at radius 1 is 0.923 bits per heavy atom. The van der Waals surface area contributed by atoms with Gasteiger partial charge in [-0.15, -0.1) is 12.8 Å². The van der Waals surface area contributed by atoms with E-state index in [0.29, 0.717) is 11.7 Å². The third-order valence-electron chi connectivity index (χ3n) is 1.17. The topological polar surface area (TPSA) is 0 Å². The maximum absolute atomic E-state index is 2.99. The molecule has 3 heteroatoms. The van der Waals surface area contributed by atoms with Crippen molar-refractivity contribution in [2.75, 3.05) is 0 Å². The fourth-order valence-corrected chi connectivity index (χ4v) is 0.680. The predicted octanol–water partition coefficient (Wildman–Crippen LogP) is 4.38. The molecule has 2 aliphatic carbocycles. The van der Waals surface area contributed by atoms with Gasteiger partial charge in [-0.1, -0.05) is 0 Å². The van der Waals surface area contributed by atoms with Crippen LogP contribution >= 0.6 is 38.4 Å². The number of hydrogen-bond donors (Lipinski definition) is 0. The molecule has 0 aromatic carbocycles. The van der Waals surface area contributed by atoms with E-state index in [1.807, 2.05) is 24.3 Å². The van der Waals surface area contributed by atoms with Gasteiger partial charge in [0.1, 0.15) is 0 Å². The second-order valence-electron chi connectivity index (χ2n) is 2.08. The molecular formula is C10H10I2Ti-2.